The van der Waals surface area contributed by atoms with Crippen molar-refractivity contribution >= 4 is 21.8 Å². The topological polar surface area (TPSA) is 120 Å². The molecule has 2 N–H and O–H groups in total. The minimum absolute atomic E-state index is 0.0161. The largest absolute Gasteiger partial charge is 0.493 e. The average Bonchev–Trinajstić information content (AvgIpc) is 2.77. The maximum atomic E-state index is 13.2. The number of sulfone groups is 1. The van der Waals surface area contributed by atoms with Crippen LogP contribution in [0, 0.1) is 13.8 Å². The first-order valence-electron chi connectivity index (χ1n) is 10.0. The molecule has 2 amide bonds. The second kappa shape index (κ2) is 9.53. The molecular formula is C23H26N2O7S. The molecule has 9 nitrogen and oxygen atoms in total. The number of aryl methyl sites for hydroxylation is 2. The molecule has 10 heteroatoms. The van der Waals surface area contributed by atoms with E-state index in [9.17, 15) is 18.0 Å². The van der Waals surface area contributed by atoms with Crippen molar-refractivity contribution in [2.75, 3.05) is 27.1 Å². The van der Waals surface area contributed by atoms with Crippen molar-refractivity contribution in [3.63, 3.8) is 0 Å². The van der Waals surface area contributed by atoms with Crippen LogP contribution in [0.5, 0.6) is 11.5 Å². The summed E-state index contributed by atoms with van der Waals surface area (Å²) in [6.45, 7) is 3.56. The molecule has 0 saturated heterocycles. The van der Waals surface area contributed by atoms with Gasteiger partial charge in [0.05, 0.1) is 43.6 Å². The van der Waals surface area contributed by atoms with Crippen molar-refractivity contribution in [2.24, 2.45) is 0 Å². The number of carbonyl (C=O) groups is 2. The van der Waals surface area contributed by atoms with Gasteiger partial charge in [-0.05, 0) is 43.2 Å². The molecule has 0 unspecified atom stereocenters. The maximum Gasteiger partial charge on any atom is 0.338 e. The van der Waals surface area contributed by atoms with Gasteiger partial charge in [-0.3, -0.25) is 0 Å². The summed E-state index contributed by atoms with van der Waals surface area (Å²) >= 11 is 0. The van der Waals surface area contributed by atoms with Crippen LogP contribution in [0.2, 0.25) is 0 Å². The second-order valence-corrected chi connectivity index (χ2v) is 9.52. The number of carbonyl (C=O) groups excluding carboxylic acids is 2. The van der Waals surface area contributed by atoms with Gasteiger partial charge in [0.1, 0.15) is 0 Å². The molecule has 0 aliphatic carbocycles. The van der Waals surface area contributed by atoms with Crippen LogP contribution in [0.1, 0.15) is 22.7 Å². The lowest BCUT2D eigenvalue weighted by molar-refractivity contribution is -0.136. The molecule has 0 bridgehead atoms. The SMILES string of the molecule is COC(=O)C1=C(CS(=O)(=O)c2ccc(C)cc2C)NC(=O)N[C@@H]1c1ccc(OC)c(OC)c1. The van der Waals surface area contributed by atoms with Gasteiger partial charge in [0.2, 0.25) is 0 Å². The van der Waals surface area contributed by atoms with Gasteiger partial charge in [0, 0.05) is 5.70 Å². The zero-order chi connectivity index (χ0) is 24.3. The molecule has 0 spiro atoms. The maximum absolute atomic E-state index is 13.2. The quantitative estimate of drug-likeness (QED) is 0.592. The van der Waals surface area contributed by atoms with Crippen molar-refractivity contribution in [3.05, 3.63) is 64.4 Å². The molecule has 3 rings (SSSR count). The van der Waals surface area contributed by atoms with E-state index >= 15 is 0 Å². The van der Waals surface area contributed by atoms with Gasteiger partial charge in [-0.1, -0.05) is 23.8 Å². The van der Waals surface area contributed by atoms with Crippen molar-refractivity contribution in [1.82, 2.24) is 10.6 Å². The number of amides is 2. The van der Waals surface area contributed by atoms with E-state index in [-0.39, 0.29) is 16.2 Å². The molecule has 0 radical (unpaired) electrons. The monoisotopic (exact) mass is 474 g/mol. The van der Waals surface area contributed by atoms with E-state index in [1.807, 2.05) is 6.92 Å². The molecule has 1 aliphatic rings. The number of methoxy groups -OCH3 is 3. The Morgan fingerprint density at radius 3 is 2.30 bits per heavy atom. The van der Waals surface area contributed by atoms with Crippen LogP contribution in [0.15, 0.2) is 52.6 Å². The molecular weight excluding hydrogens is 448 g/mol. The zero-order valence-electron chi connectivity index (χ0n) is 19.0. The molecule has 2 aromatic carbocycles. The molecule has 176 valence electrons. The number of urea groups is 1. The molecule has 0 aromatic heterocycles. The Morgan fingerprint density at radius 1 is 1.00 bits per heavy atom. The number of benzene rings is 2. The summed E-state index contributed by atoms with van der Waals surface area (Å²) in [5, 5.41) is 5.14. The number of esters is 1. The first-order valence-corrected chi connectivity index (χ1v) is 11.7. The van der Waals surface area contributed by atoms with Gasteiger partial charge >= 0.3 is 12.0 Å². The van der Waals surface area contributed by atoms with Crippen LogP contribution >= 0.6 is 0 Å². The highest BCUT2D eigenvalue weighted by Gasteiger charge is 2.36. The van der Waals surface area contributed by atoms with E-state index in [0.29, 0.717) is 22.6 Å². The molecule has 1 atom stereocenters. The van der Waals surface area contributed by atoms with Crippen molar-refractivity contribution in [2.45, 2.75) is 24.8 Å². The van der Waals surface area contributed by atoms with Crippen molar-refractivity contribution in [3.8, 4) is 11.5 Å². The van der Waals surface area contributed by atoms with Crippen molar-refractivity contribution in [1.29, 1.82) is 0 Å². The Labute approximate surface area is 192 Å². The molecule has 0 saturated carbocycles. The average molecular weight is 475 g/mol. The molecule has 1 heterocycles. The lowest BCUT2D eigenvalue weighted by Crippen LogP contribution is -2.47. The van der Waals surface area contributed by atoms with E-state index in [2.05, 4.69) is 10.6 Å². The Hall–Kier alpha value is -3.53. The highest BCUT2D eigenvalue weighted by Crippen LogP contribution is 2.35. The van der Waals surface area contributed by atoms with Gasteiger partial charge in [0.15, 0.2) is 21.3 Å². The van der Waals surface area contributed by atoms with E-state index in [1.54, 1.807) is 37.3 Å². The third kappa shape index (κ3) is 4.95. The number of nitrogens with one attached hydrogen (secondary N) is 2. The van der Waals surface area contributed by atoms with Gasteiger partial charge in [0.25, 0.3) is 0 Å². The fourth-order valence-electron chi connectivity index (χ4n) is 3.78. The minimum atomic E-state index is -3.89. The Kier molecular flexibility index (Phi) is 6.97. The summed E-state index contributed by atoms with van der Waals surface area (Å²) in [7, 11) is 0.246. The van der Waals surface area contributed by atoms with Gasteiger partial charge in [-0.2, -0.15) is 0 Å². The van der Waals surface area contributed by atoms with Crippen LogP contribution in [0.3, 0.4) is 0 Å². The first-order chi connectivity index (χ1) is 15.6. The number of rotatable bonds is 7. The normalized spacial score (nSPS) is 16.0. The van der Waals surface area contributed by atoms with Crippen molar-refractivity contribution < 1.29 is 32.2 Å². The summed E-state index contributed by atoms with van der Waals surface area (Å²) in [4.78, 5) is 25.3. The fraction of sp³-hybridized carbons (Fsp3) is 0.304. The summed E-state index contributed by atoms with van der Waals surface area (Å²) in [6, 6.07) is 8.25. The van der Waals surface area contributed by atoms with Crippen LogP contribution in [0.25, 0.3) is 0 Å². The van der Waals surface area contributed by atoms with Crippen LogP contribution in [-0.2, 0) is 19.4 Å². The highest BCUT2D eigenvalue weighted by atomic mass is 32.2. The van der Waals surface area contributed by atoms with E-state index in [0.717, 1.165) is 5.56 Å². The van der Waals surface area contributed by atoms with Crippen LogP contribution in [0.4, 0.5) is 4.79 Å². The Bertz CT molecular complexity index is 1240. The highest BCUT2D eigenvalue weighted by molar-refractivity contribution is 7.91. The van der Waals surface area contributed by atoms with Crippen LogP contribution < -0.4 is 20.1 Å². The third-order valence-electron chi connectivity index (χ3n) is 5.30. The number of ether oxygens (including phenoxy) is 3. The standard InChI is InChI=1S/C23H26N2O7S/c1-13-6-9-19(14(2)10-13)33(28,29)12-16-20(22(26)32-5)21(25-23(27)24-16)15-7-8-17(30-3)18(11-15)31-4/h6-11,21H,12H2,1-5H3,(H2,24,25,27)/t21-/m1/s1. The number of hydrogen-bond donors (Lipinski definition) is 2. The lowest BCUT2D eigenvalue weighted by atomic mass is 9.95. The van der Waals surface area contributed by atoms with Gasteiger partial charge < -0.3 is 24.8 Å². The van der Waals surface area contributed by atoms with E-state index in [4.69, 9.17) is 14.2 Å². The predicted molar refractivity (Wildman–Crippen MR) is 121 cm³/mol. The zero-order valence-corrected chi connectivity index (χ0v) is 19.8. The number of hydrogen-bond acceptors (Lipinski definition) is 7. The molecule has 0 fully saturated rings. The summed E-state index contributed by atoms with van der Waals surface area (Å²) in [5.41, 5.74) is 1.92. The summed E-state index contributed by atoms with van der Waals surface area (Å²) in [5.74, 6) is -0.509. The fourth-order valence-corrected chi connectivity index (χ4v) is 5.37. The molecule has 33 heavy (non-hydrogen) atoms. The Balaban J connectivity index is 2.13. The van der Waals surface area contributed by atoms with E-state index < -0.39 is 33.6 Å². The van der Waals surface area contributed by atoms with Gasteiger partial charge in [-0.15, -0.1) is 0 Å². The van der Waals surface area contributed by atoms with E-state index in [1.165, 1.54) is 27.4 Å². The minimum Gasteiger partial charge on any atom is -0.493 e. The second-order valence-electron chi connectivity index (χ2n) is 7.56. The third-order valence-corrected chi connectivity index (χ3v) is 7.10. The summed E-state index contributed by atoms with van der Waals surface area (Å²) < 4.78 is 42.0. The summed E-state index contributed by atoms with van der Waals surface area (Å²) in [6.07, 6.45) is 0. The molecule has 1 aliphatic heterocycles. The molecule has 2 aromatic rings. The van der Waals surface area contributed by atoms with Gasteiger partial charge in [-0.25, -0.2) is 18.0 Å². The smallest absolute Gasteiger partial charge is 0.338 e. The lowest BCUT2D eigenvalue weighted by Gasteiger charge is -2.29. The van der Waals surface area contributed by atoms with Crippen LogP contribution in [-0.4, -0.2) is 47.5 Å². The predicted octanol–water partition coefficient (Wildman–Crippen LogP) is 2.58. The Morgan fingerprint density at radius 2 is 1.70 bits per heavy atom. The first kappa shape index (κ1) is 24.1.